The molecule has 0 amide bonds. The van der Waals surface area contributed by atoms with E-state index in [1.165, 1.54) is 16.7 Å². The maximum atomic E-state index is 6.12. The summed E-state index contributed by atoms with van der Waals surface area (Å²) < 4.78 is 11.5. The van der Waals surface area contributed by atoms with Gasteiger partial charge in [-0.3, -0.25) is 4.90 Å². The number of methoxy groups -OCH3 is 1. The molecule has 0 aliphatic carbocycles. The molecule has 3 aromatic rings. The van der Waals surface area contributed by atoms with Gasteiger partial charge in [0.1, 0.15) is 18.1 Å². The van der Waals surface area contributed by atoms with Crippen LogP contribution >= 0.6 is 0 Å². The van der Waals surface area contributed by atoms with Crippen LogP contribution in [0.3, 0.4) is 0 Å². The van der Waals surface area contributed by atoms with Crippen LogP contribution in [0.15, 0.2) is 78.9 Å². The van der Waals surface area contributed by atoms with Crippen LogP contribution in [0.4, 0.5) is 0 Å². The third-order valence-corrected chi connectivity index (χ3v) is 5.59. The molecule has 4 nitrogen and oxygen atoms in total. The molecular formula is C26H30N2O2. The van der Waals surface area contributed by atoms with Gasteiger partial charge in [-0.05, 0) is 53.9 Å². The molecule has 1 heterocycles. The van der Waals surface area contributed by atoms with Gasteiger partial charge < -0.3 is 14.8 Å². The second-order valence-corrected chi connectivity index (χ2v) is 7.66. The van der Waals surface area contributed by atoms with Gasteiger partial charge in [0.25, 0.3) is 0 Å². The van der Waals surface area contributed by atoms with Gasteiger partial charge in [0, 0.05) is 19.6 Å². The standard InChI is InChI=1S/C26H30N2O2/c1-29-24-13-11-22(12-14-24)26(28-17-6-15-27-16-18-28)23-9-5-10-25(19-23)30-20-21-7-3-2-4-8-21/h2-5,7-14,19,26-27H,6,15-18,20H2,1H3. The normalized spacial score (nSPS) is 15.9. The Hall–Kier alpha value is -2.82. The van der Waals surface area contributed by atoms with Crippen molar-refractivity contribution in [1.29, 1.82) is 0 Å². The van der Waals surface area contributed by atoms with Gasteiger partial charge in [-0.2, -0.15) is 0 Å². The third kappa shape index (κ3) is 5.21. The first-order valence-corrected chi connectivity index (χ1v) is 10.7. The smallest absolute Gasteiger partial charge is 0.120 e. The molecule has 1 unspecified atom stereocenters. The van der Waals surface area contributed by atoms with Gasteiger partial charge in [-0.25, -0.2) is 0 Å². The summed E-state index contributed by atoms with van der Waals surface area (Å²) in [7, 11) is 1.71. The molecule has 4 rings (SSSR count). The Labute approximate surface area is 179 Å². The van der Waals surface area contributed by atoms with Gasteiger partial charge in [0.2, 0.25) is 0 Å². The number of rotatable bonds is 7. The van der Waals surface area contributed by atoms with E-state index in [0.29, 0.717) is 6.61 Å². The van der Waals surface area contributed by atoms with Crippen LogP contribution in [-0.4, -0.2) is 38.2 Å². The van der Waals surface area contributed by atoms with Crippen molar-refractivity contribution in [2.45, 2.75) is 19.1 Å². The molecule has 1 aliphatic heterocycles. The third-order valence-electron chi connectivity index (χ3n) is 5.59. The van der Waals surface area contributed by atoms with E-state index in [9.17, 15) is 0 Å². The first kappa shape index (κ1) is 20.5. The molecule has 30 heavy (non-hydrogen) atoms. The number of hydrogen-bond donors (Lipinski definition) is 1. The fourth-order valence-corrected chi connectivity index (χ4v) is 4.04. The van der Waals surface area contributed by atoms with Crippen LogP contribution in [0.1, 0.15) is 29.2 Å². The Balaban J connectivity index is 1.60. The Kier molecular flexibility index (Phi) is 7.01. The number of nitrogens with zero attached hydrogens (tertiary/aromatic N) is 1. The predicted octanol–water partition coefficient (Wildman–Crippen LogP) is 4.66. The van der Waals surface area contributed by atoms with E-state index in [4.69, 9.17) is 9.47 Å². The molecule has 0 saturated carbocycles. The summed E-state index contributed by atoms with van der Waals surface area (Å²) in [5, 5.41) is 3.52. The van der Waals surface area contributed by atoms with E-state index in [0.717, 1.165) is 44.1 Å². The molecule has 1 N–H and O–H groups in total. The van der Waals surface area contributed by atoms with E-state index in [1.807, 2.05) is 36.4 Å². The second kappa shape index (κ2) is 10.3. The molecular weight excluding hydrogens is 372 g/mol. The molecule has 3 aromatic carbocycles. The van der Waals surface area contributed by atoms with Crippen molar-refractivity contribution in [1.82, 2.24) is 10.2 Å². The summed E-state index contributed by atoms with van der Waals surface area (Å²) >= 11 is 0. The molecule has 0 radical (unpaired) electrons. The maximum absolute atomic E-state index is 6.12. The lowest BCUT2D eigenvalue weighted by Crippen LogP contribution is -2.33. The molecule has 0 spiro atoms. The highest BCUT2D eigenvalue weighted by atomic mass is 16.5. The summed E-state index contributed by atoms with van der Waals surface area (Å²) in [5.74, 6) is 1.79. The highest BCUT2D eigenvalue weighted by Gasteiger charge is 2.23. The lowest BCUT2D eigenvalue weighted by Gasteiger charge is -2.31. The van der Waals surface area contributed by atoms with Gasteiger partial charge in [-0.15, -0.1) is 0 Å². The fraction of sp³-hybridized carbons (Fsp3) is 0.308. The van der Waals surface area contributed by atoms with Crippen molar-refractivity contribution in [2.75, 3.05) is 33.3 Å². The van der Waals surface area contributed by atoms with Crippen LogP contribution in [0.5, 0.6) is 11.5 Å². The van der Waals surface area contributed by atoms with Crippen LogP contribution in [0.2, 0.25) is 0 Å². The topological polar surface area (TPSA) is 33.7 Å². The van der Waals surface area contributed by atoms with Gasteiger partial charge in [0.05, 0.1) is 13.2 Å². The largest absolute Gasteiger partial charge is 0.497 e. The van der Waals surface area contributed by atoms with Crippen molar-refractivity contribution in [3.63, 3.8) is 0 Å². The van der Waals surface area contributed by atoms with E-state index in [2.05, 4.69) is 52.7 Å². The monoisotopic (exact) mass is 402 g/mol. The molecule has 0 aromatic heterocycles. The van der Waals surface area contributed by atoms with Gasteiger partial charge in [-0.1, -0.05) is 54.6 Å². The zero-order valence-corrected chi connectivity index (χ0v) is 17.6. The Bertz CT molecular complexity index is 904. The quantitative estimate of drug-likeness (QED) is 0.623. The lowest BCUT2D eigenvalue weighted by molar-refractivity contribution is 0.240. The molecule has 1 atom stereocenters. The number of ether oxygens (including phenoxy) is 2. The van der Waals surface area contributed by atoms with Crippen LogP contribution in [0.25, 0.3) is 0 Å². The Morgan fingerprint density at radius 3 is 2.47 bits per heavy atom. The summed E-state index contributed by atoms with van der Waals surface area (Å²) in [6.45, 7) is 4.75. The van der Waals surface area contributed by atoms with Crippen molar-refractivity contribution in [3.8, 4) is 11.5 Å². The minimum Gasteiger partial charge on any atom is -0.497 e. The van der Waals surface area contributed by atoms with Crippen LogP contribution < -0.4 is 14.8 Å². The van der Waals surface area contributed by atoms with E-state index < -0.39 is 0 Å². The SMILES string of the molecule is COc1ccc(C(c2cccc(OCc3ccccc3)c2)N2CCCNCC2)cc1. The summed E-state index contributed by atoms with van der Waals surface area (Å²) in [6.07, 6.45) is 1.15. The number of nitrogens with one attached hydrogen (secondary N) is 1. The van der Waals surface area contributed by atoms with Crippen LogP contribution in [-0.2, 0) is 6.61 Å². The first-order chi connectivity index (χ1) is 14.8. The van der Waals surface area contributed by atoms with Crippen molar-refractivity contribution in [3.05, 3.63) is 95.6 Å². The zero-order valence-electron chi connectivity index (χ0n) is 17.6. The highest BCUT2D eigenvalue weighted by Crippen LogP contribution is 2.32. The average molecular weight is 403 g/mol. The van der Waals surface area contributed by atoms with Crippen molar-refractivity contribution < 1.29 is 9.47 Å². The average Bonchev–Trinajstić information content (AvgIpc) is 3.09. The maximum Gasteiger partial charge on any atom is 0.120 e. The minimum atomic E-state index is 0.191. The molecule has 4 heteroatoms. The zero-order chi connectivity index (χ0) is 20.6. The van der Waals surface area contributed by atoms with Gasteiger partial charge >= 0.3 is 0 Å². The van der Waals surface area contributed by atoms with Crippen LogP contribution in [0, 0.1) is 0 Å². The molecule has 0 bridgehead atoms. The minimum absolute atomic E-state index is 0.191. The molecule has 1 fully saturated rings. The lowest BCUT2D eigenvalue weighted by atomic mass is 9.96. The highest BCUT2D eigenvalue weighted by molar-refractivity contribution is 5.39. The fourth-order valence-electron chi connectivity index (χ4n) is 4.04. The Morgan fingerprint density at radius 1 is 0.833 bits per heavy atom. The predicted molar refractivity (Wildman–Crippen MR) is 121 cm³/mol. The summed E-state index contributed by atoms with van der Waals surface area (Å²) in [6, 6.07) is 27.5. The van der Waals surface area contributed by atoms with Gasteiger partial charge in [0.15, 0.2) is 0 Å². The Morgan fingerprint density at radius 2 is 1.67 bits per heavy atom. The van der Waals surface area contributed by atoms with E-state index in [1.54, 1.807) is 7.11 Å². The second-order valence-electron chi connectivity index (χ2n) is 7.66. The van der Waals surface area contributed by atoms with Crippen molar-refractivity contribution >= 4 is 0 Å². The number of hydrogen-bond acceptors (Lipinski definition) is 4. The summed E-state index contributed by atoms with van der Waals surface area (Å²) in [5.41, 5.74) is 3.71. The number of benzene rings is 3. The molecule has 156 valence electrons. The van der Waals surface area contributed by atoms with E-state index >= 15 is 0 Å². The summed E-state index contributed by atoms with van der Waals surface area (Å²) in [4.78, 5) is 2.57. The van der Waals surface area contributed by atoms with E-state index in [-0.39, 0.29) is 6.04 Å². The molecule has 1 saturated heterocycles. The first-order valence-electron chi connectivity index (χ1n) is 10.7. The molecule has 1 aliphatic rings. The van der Waals surface area contributed by atoms with Crippen molar-refractivity contribution in [2.24, 2.45) is 0 Å².